The maximum Gasteiger partial charge on any atom is 0.0294 e. The molecule has 106 valence electrons. The molecule has 1 fully saturated rings. The highest BCUT2D eigenvalue weighted by atomic mass is 15.1. The van der Waals surface area contributed by atoms with Crippen LogP contribution in [0.5, 0.6) is 0 Å². The van der Waals surface area contributed by atoms with E-state index in [4.69, 9.17) is 0 Å². The van der Waals surface area contributed by atoms with Gasteiger partial charge in [0.1, 0.15) is 0 Å². The maximum atomic E-state index is 3.72. The van der Waals surface area contributed by atoms with Crippen molar-refractivity contribution in [1.29, 1.82) is 0 Å². The average molecular weight is 260 g/mol. The van der Waals surface area contributed by atoms with Crippen LogP contribution in [0.25, 0.3) is 0 Å². The molecule has 1 aliphatic rings. The second kappa shape index (κ2) is 6.53. The van der Waals surface area contributed by atoms with Crippen molar-refractivity contribution in [3.63, 3.8) is 0 Å². The van der Waals surface area contributed by atoms with Crippen molar-refractivity contribution in [2.45, 2.75) is 39.7 Å². The first-order valence-corrected chi connectivity index (χ1v) is 7.55. The van der Waals surface area contributed by atoms with Gasteiger partial charge in [-0.15, -0.1) is 0 Å². The van der Waals surface area contributed by atoms with E-state index in [1.54, 1.807) is 0 Å². The third-order valence-electron chi connectivity index (χ3n) is 4.33. The Morgan fingerprint density at radius 3 is 2.84 bits per heavy atom. The number of benzene rings is 1. The highest BCUT2D eigenvalue weighted by Crippen LogP contribution is 2.20. The summed E-state index contributed by atoms with van der Waals surface area (Å²) in [6.45, 7) is 10.3. The summed E-state index contributed by atoms with van der Waals surface area (Å²) >= 11 is 0. The first-order valence-electron chi connectivity index (χ1n) is 7.55. The lowest BCUT2D eigenvalue weighted by molar-refractivity contribution is 0.203. The molecular weight excluding hydrogens is 232 g/mol. The summed E-state index contributed by atoms with van der Waals surface area (Å²) in [7, 11) is 2.24. The van der Waals surface area contributed by atoms with Crippen molar-refractivity contribution in [2.24, 2.45) is 5.92 Å². The number of likely N-dealkylation sites (tertiary alicyclic amines) is 1. The van der Waals surface area contributed by atoms with Gasteiger partial charge in [-0.25, -0.2) is 0 Å². The lowest BCUT2D eigenvalue weighted by Crippen LogP contribution is -2.38. The molecule has 0 radical (unpaired) electrons. The van der Waals surface area contributed by atoms with Crippen molar-refractivity contribution in [1.82, 2.24) is 10.2 Å². The Morgan fingerprint density at radius 1 is 1.37 bits per heavy atom. The van der Waals surface area contributed by atoms with E-state index < -0.39 is 0 Å². The summed E-state index contributed by atoms with van der Waals surface area (Å²) in [5.41, 5.74) is 4.19. The Morgan fingerprint density at radius 2 is 2.16 bits per heavy atom. The lowest BCUT2D eigenvalue weighted by Gasteiger charge is -2.31. The number of nitrogens with zero attached hydrogens (tertiary/aromatic N) is 1. The summed E-state index contributed by atoms with van der Waals surface area (Å²) in [6, 6.07) is 7.22. The molecule has 0 spiro atoms. The fourth-order valence-electron chi connectivity index (χ4n) is 3.20. The zero-order valence-corrected chi connectivity index (χ0v) is 12.9. The van der Waals surface area contributed by atoms with Crippen LogP contribution in [-0.4, -0.2) is 31.6 Å². The minimum absolute atomic E-state index is 0.452. The number of hydrogen-bond acceptors (Lipinski definition) is 2. The average Bonchev–Trinajstić information content (AvgIpc) is 2.36. The standard InChI is InChI=1S/C17H28N2/c1-13-7-8-17(14(2)10-13)15(3)18-11-16-6-5-9-19(4)12-16/h7-8,10,15-16,18H,5-6,9,11-12H2,1-4H3. The maximum absolute atomic E-state index is 3.72. The molecule has 0 amide bonds. The number of nitrogens with one attached hydrogen (secondary N) is 1. The van der Waals surface area contributed by atoms with E-state index in [9.17, 15) is 0 Å². The quantitative estimate of drug-likeness (QED) is 0.893. The van der Waals surface area contributed by atoms with Gasteiger partial charge in [-0.05, 0) is 70.8 Å². The van der Waals surface area contributed by atoms with Gasteiger partial charge in [0, 0.05) is 12.6 Å². The van der Waals surface area contributed by atoms with Crippen LogP contribution in [0.1, 0.15) is 42.5 Å². The van der Waals surface area contributed by atoms with Crippen molar-refractivity contribution < 1.29 is 0 Å². The smallest absolute Gasteiger partial charge is 0.0294 e. The molecule has 0 aliphatic carbocycles. The second-order valence-electron chi connectivity index (χ2n) is 6.26. The predicted molar refractivity (Wildman–Crippen MR) is 82.6 cm³/mol. The van der Waals surface area contributed by atoms with Gasteiger partial charge in [0.15, 0.2) is 0 Å². The summed E-state index contributed by atoms with van der Waals surface area (Å²) in [5, 5.41) is 3.72. The summed E-state index contributed by atoms with van der Waals surface area (Å²) in [6.07, 6.45) is 2.72. The Balaban J connectivity index is 1.88. The molecule has 1 heterocycles. The molecule has 1 saturated heterocycles. The summed E-state index contributed by atoms with van der Waals surface area (Å²) in [4.78, 5) is 2.46. The van der Waals surface area contributed by atoms with Gasteiger partial charge in [0.05, 0.1) is 0 Å². The van der Waals surface area contributed by atoms with Gasteiger partial charge < -0.3 is 10.2 Å². The molecule has 0 aromatic heterocycles. The monoisotopic (exact) mass is 260 g/mol. The molecule has 2 atom stereocenters. The van der Waals surface area contributed by atoms with Crippen molar-refractivity contribution in [3.8, 4) is 0 Å². The number of hydrogen-bond donors (Lipinski definition) is 1. The normalized spacial score (nSPS) is 22.4. The van der Waals surface area contributed by atoms with E-state index in [1.807, 2.05) is 0 Å². The van der Waals surface area contributed by atoms with Crippen LogP contribution in [0.15, 0.2) is 18.2 Å². The van der Waals surface area contributed by atoms with Crippen LogP contribution in [0, 0.1) is 19.8 Å². The van der Waals surface area contributed by atoms with E-state index >= 15 is 0 Å². The van der Waals surface area contributed by atoms with Crippen LogP contribution < -0.4 is 5.32 Å². The molecule has 1 aliphatic heterocycles. The molecule has 2 unspecified atom stereocenters. The summed E-state index contributed by atoms with van der Waals surface area (Å²) in [5.74, 6) is 0.812. The minimum atomic E-state index is 0.452. The first kappa shape index (κ1) is 14.5. The van der Waals surface area contributed by atoms with Gasteiger partial charge >= 0.3 is 0 Å². The van der Waals surface area contributed by atoms with Gasteiger partial charge in [-0.1, -0.05) is 23.8 Å². The van der Waals surface area contributed by atoms with Gasteiger partial charge in [0.2, 0.25) is 0 Å². The SMILES string of the molecule is Cc1ccc(C(C)NCC2CCCN(C)C2)c(C)c1. The Kier molecular flexibility index (Phi) is 5.00. The van der Waals surface area contributed by atoms with Crippen LogP contribution in [-0.2, 0) is 0 Å². The molecule has 1 aromatic rings. The lowest BCUT2D eigenvalue weighted by atomic mass is 9.96. The van der Waals surface area contributed by atoms with Gasteiger partial charge in [-0.2, -0.15) is 0 Å². The molecule has 1 N–H and O–H groups in total. The van der Waals surface area contributed by atoms with E-state index in [-0.39, 0.29) is 0 Å². The second-order valence-corrected chi connectivity index (χ2v) is 6.26. The number of rotatable bonds is 4. The van der Waals surface area contributed by atoms with Gasteiger partial charge in [-0.3, -0.25) is 0 Å². The first-order chi connectivity index (χ1) is 9.06. The number of piperidine rings is 1. The van der Waals surface area contributed by atoms with E-state index in [1.165, 1.54) is 42.6 Å². The highest BCUT2D eigenvalue weighted by Gasteiger charge is 2.18. The van der Waals surface area contributed by atoms with E-state index in [0.717, 1.165) is 12.5 Å². The van der Waals surface area contributed by atoms with Crippen LogP contribution in [0.4, 0.5) is 0 Å². The third-order valence-corrected chi connectivity index (χ3v) is 4.33. The zero-order chi connectivity index (χ0) is 13.8. The van der Waals surface area contributed by atoms with Crippen LogP contribution in [0.3, 0.4) is 0 Å². The van der Waals surface area contributed by atoms with Gasteiger partial charge in [0.25, 0.3) is 0 Å². The van der Waals surface area contributed by atoms with Crippen LogP contribution in [0.2, 0.25) is 0 Å². The Hall–Kier alpha value is -0.860. The van der Waals surface area contributed by atoms with Crippen molar-refractivity contribution in [3.05, 3.63) is 34.9 Å². The fourth-order valence-corrected chi connectivity index (χ4v) is 3.20. The molecule has 0 bridgehead atoms. The van der Waals surface area contributed by atoms with Crippen molar-refractivity contribution >= 4 is 0 Å². The largest absolute Gasteiger partial charge is 0.310 e. The van der Waals surface area contributed by atoms with Crippen molar-refractivity contribution in [2.75, 3.05) is 26.7 Å². The van der Waals surface area contributed by atoms with E-state index in [0.29, 0.717) is 6.04 Å². The molecule has 2 heteroatoms. The van der Waals surface area contributed by atoms with E-state index in [2.05, 4.69) is 56.2 Å². The van der Waals surface area contributed by atoms with Crippen LogP contribution >= 0.6 is 0 Å². The summed E-state index contributed by atoms with van der Waals surface area (Å²) < 4.78 is 0. The minimum Gasteiger partial charge on any atom is -0.310 e. The Bertz CT molecular complexity index is 414. The zero-order valence-electron chi connectivity index (χ0n) is 12.9. The molecule has 1 aromatic carbocycles. The fraction of sp³-hybridized carbons (Fsp3) is 0.647. The molecule has 19 heavy (non-hydrogen) atoms. The predicted octanol–water partition coefficient (Wildman–Crippen LogP) is 3.30. The molecular formula is C17H28N2. The third kappa shape index (κ3) is 4.05. The molecule has 0 saturated carbocycles. The number of aryl methyl sites for hydroxylation is 2. The molecule has 2 nitrogen and oxygen atoms in total. The molecule has 2 rings (SSSR count). The Labute approximate surface area is 118 Å². The highest BCUT2D eigenvalue weighted by molar-refractivity contribution is 5.32. The topological polar surface area (TPSA) is 15.3 Å².